The molecule has 0 fully saturated rings. The van der Waals surface area contributed by atoms with Crippen molar-refractivity contribution in [3.63, 3.8) is 0 Å². The van der Waals surface area contributed by atoms with Gasteiger partial charge in [0.15, 0.2) is 17.5 Å². The second-order valence-corrected chi connectivity index (χ2v) is 12.1. The van der Waals surface area contributed by atoms with E-state index in [1.54, 1.807) is 0 Å². The number of nitrogens with zero attached hydrogens (tertiary/aromatic N) is 3. The summed E-state index contributed by atoms with van der Waals surface area (Å²) in [6.07, 6.45) is 0. The number of aromatic nitrogens is 3. The van der Waals surface area contributed by atoms with E-state index in [4.69, 9.17) is 19.4 Å². The van der Waals surface area contributed by atoms with E-state index < -0.39 is 0 Å². The van der Waals surface area contributed by atoms with Gasteiger partial charge in [-0.05, 0) is 52.1 Å². The molecule has 7 aromatic carbocycles. The van der Waals surface area contributed by atoms with E-state index in [1.807, 2.05) is 66.7 Å². The standard InChI is InChI=1S/C45H29N3O/c1-4-13-30(14-5-1)33-19-10-20-34(27-33)35-25-26-41-40(29-35)39-24-12-23-38(42(39)49-41)36-21-11-22-37(28-36)45-47-43(31-15-6-2-7-16-31)46-44(48-45)32-17-8-3-9-18-32/h1-29H. The minimum absolute atomic E-state index is 0.619. The van der Waals surface area contributed by atoms with Crippen LogP contribution in [0.25, 0.3) is 89.5 Å². The summed E-state index contributed by atoms with van der Waals surface area (Å²) in [5.74, 6) is 1.90. The van der Waals surface area contributed by atoms with Crippen molar-refractivity contribution >= 4 is 21.9 Å². The Balaban J connectivity index is 1.13. The molecule has 4 nitrogen and oxygen atoms in total. The van der Waals surface area contributed by atoms with Crippen molar-refractivity contribution in [3.8, 4) is 67.5 Å². The van der Waals surface area contributed by atoms with Gasteiger partial charge in [-0.25, -0.2) is 15.0 Å². The molecule has 2 aromatic heterocycles. The van der Waals surface area contributed by atoms with Gasteiger partial charge in [-0.3, -0.25) is 0 Å². The van der Waals surface area contributed by atoms with Gasteiger partial charge in [0, 0.05) is 33.0 Å². The zero-order valence-electron chi connectivity index (χ0n) is 26.5. The number of furan rings is 1. The van der Waals surface area contributed by atoms with Crippen LogP contribution < -0.4 is 0 Å². The lowest BCUT2D eigenvalue weighted by atomic mass is 9.97. The van der Waals surface area contributed by atoms with Crippen molar-refractivity contribution in [2.75, 3.05) is 0 Å². The summed E-state index contributed by atoms with van der Waals surface area (Å²) in [7, 11) is 0. The van der Waals surface area contributed by atoms with Crippen molar-refractivity contribution in [1.29, 1.82) is 0 Å². The first kappa shape index (κ1) is 28.6. The van der Waals surface area contributed by atoms with Gasteiger partial charge in [-0.15, -0.1) is 0 Å². The number of para-hydroxylation sites is 1. The summed E-state index contributed by atoms with van der Waals surface area (Å²) in [4.78, 5) is 14.8. The van der Waals surface area contributed by atoms with Crippen molar-refractivity contribution in [3.05, 3.63) is 176 Å². The predicted octanol–water partition coefficient (Wildman–Crippen LogP) is 11.8. The summed E-state index contributed by atoms with van der Waals surface area (Å²) in [5.41, 5.74) is 11.3. The number of hydrogen-bond donors (Lipinski definition) is 0. The molecule has 0 saturated carbocycles. The smallest absolute Gasteiger partial charge is 0.164 e. The molecule has 4 heteroatoms. The van der Waals surface area contributed by atoms with Crippen molar-refractivity contribution in [2.24, 2.45) is 0 Å². The van der Waals surface area contributed by atoms with E-state index in [1.165, 1.54) is 16.7 Å². The molecule has 0 bridgehead atoms. The molecule has 0 saturated heterocycles. The van der Waals surface area contributed by atoms with Gasteiger partial charge in [0.25, 0.3) is 0 Å². The molecule has 9 aromatic rings. The van der Waals surface area contributed by atoms with Gasteiger partial charge in [-0.1, -0.05) is 152 Å². The summed E-state index contributed by atoms with van der Waals surface area (Å²) in [5, 5.41) is 2.17. The van der Waals surface area contributed by atoms with Crippen LogP contribution in [0.1, 0.15) is 0 Å². The van der Waals surface area contributed by atoms with E-state index in [9.17, 15) is 0 Å². The van der Waals surface area contributed by atoms with Gasteiger partial charge in [-0.2, -0.15) is 0 Å². The number of benzene rings is 7. The predicted molar refractivity (Wildman–Crippen MR) is 200 cm³/mol. The highest BCUT2D eigenvalue weighted by atomic mass is 16.3. The Morgan fingerprint density at radius 3 is 1.43 bits per heavy atom. The molecular weight excluding hydrogens is 599 g/mol. The molecule has 0 radical (unpaired) electrons. The monoisotopic (exact) mass is 627 g/mol. The summed E-state index contributed by atoms with van der Waals surface area (Å²) >= 11 is 0. The number of rotatable bonds is 6. The third kappa shape index (κ3) is 5.45. The SMILES string of the molecule is c1ccc(-c2cccc(-c3ccc4oc5c(-c6cccc(-c7nc(-c8ccccc8)nc(-c8ccccc8)n7)c6)cccc5c4c3)c2)cc1. The zero-order valence-corrected chi connectivity index (χ0v) is 26.5. The molecule has 0 amide bonds. The van der Waals surface area contributed by atoms with Crippen LogP contribution in [0.2, 0.25) is 0 Å². The van der Waals surface area contributed by atoms with Crippen LogP contribution in [0.5, 0.6) is 0 Å². The second kappa shape index (κ2) is 12.2. The maximum Gasteiger partial charge on any atom is 0.164 e. The first-order valence-corrected chi connectivity index (χ1v) is 16.4. The molecule has 0 unspecified atom stereocenters. The lowest BCUT2D eigenvalue weighted by Gasteiger charge is -2.10. The zero-order chi connectivity index (χ0) is 32.6. The Kier molecular flexibility index (Phi) is 7.10. The van der Waals surface area contributed by atoms with E-state index >= 15 is 0 Å². The molecule has 0 N–H and O–H groups in total. The third-order valence-corrected chi connectivity index (χ3v) is 8.93. The third-order valence-electron chi connectivity index (χ3n) is 8.93. The molecule has 230 valence electrons. The van der Waals surface area contributed by atoms with E-state index in [-0.39, 0.29) is 0 Å². The number of hydrogen-bond acceptors (Lipinski definition) is 4. The van der Waals surface area contributed by atoms with Crippen LogP contribution in [-0.4, -0.2) is 15.0 Å². The molecule has 0 spiro atoms. The minimum atomic E-state index is 0.619. The van der Waals surface area contributed by atoms with Crippen LogP contribution in [0.3, 0.4) is 0 Å². The Bertz CT molecular complexity index is 2540. The summed E-state index contributed by atoms with van der Waals surface area (Å²) in [6, 6.07) is 60.5. The van der Waals surface area contributed by atoms with Crippen LogP contribution in [-0.2, 0) is 0 Å². The lowest BCUT2D eigenvalue weighted by Crippen LogP contribution is -2.00. The van der Waals surface area contributed by atoms with Crippen LogP contribution in [0, 0.1) is 0 Å². The molecule has 49 heavy (non-hydrogen) atoms. The van der Waals surface area contributed by atoms with Crippen LogP contribution in [0.15, 0.2) is 180 Å². The average Bonchev–Trinajstić information content (AvgIpc) is 3.57. The maximum absolute atomic E-state index is 6.58. The first-order valence-electron chi connectivity index (χ1n) is 16.4. The topological polar surface area (TPSA) is 51.8 Å². The Morgan fingerprint density at radius 2 is 0.776 bits per heavy atom. The molecule has 2 heterocycles. The summed E-state index contributed by atoms with van der Waals surface area (Å²) < 4.78 is 6.58. The average molecular weight is 628 g/mol. The van der Waals surface area contributed by atoms with Gasteiger partial charge in [0.1, 0.15) is 11.2 Å². The molecule has 0 aliphatic heterocycles. The quantitative estimate of drug-likeness (QED) is 0.184. The lowest BCUT2D eigenvalue weighted by molar-refractivity contribution is 0.670. The molecule has 9 rings (SSSR count). The Morgan fingerprint density at radius 1 is 0.306 bits per heavy atom. The second-order valence-electron chi connectivity index (χ2n) is 12.1. The van der Waals surface area contributed by atoms with Crippen molar-refractivity contribution in [1.82, 2.24) is 15.0 Å². The van der Waals surface area contributed by atoms with Gasteiger partial charge in [0.2, 0.25) is 0 Å². The van der Waals surface area contributed by atoms with Gasteiger partial charge in [0.05, 0.1) is 0 Å². The number of fused-ring (bicyclic) bond motifs is 3. The fraction of sp³-hybridized carbons (Fsp3) is 0. The van der Waals surface area contributed by atoms with Crippen molar-refractivity contribution in [2.45, 2.75) is 0 Å². The Hall–Kier alpha value is -6.65. The fourth-order valence-electron chi connectivity index (χ4n) is 6.48. The highest BCUT2D eigenvalue weighted by Crippen LogP contribution is 2.39. The maximum atomic E-state index is 6.58. The highest BCUT2D eigenvalue weighted by Gasteiger charge is 2.16. The van der Waals surface area contributed by atoms with Crippen molar-refractivity contribution < 1.29 is 4.42 Å². The first-order chi connectivity index (χ1) is 24.3. The normalized spacial score (nSPS) is 11.3. The van der Waals surface area contributed by atoms with E-state index in [0.29, 0.717) is 17.5 Å². The molecule has 0 atom stereocenters. The molecular formula is C45H29N3O. The van der Waals surface area contributed by atoms with Gasteiger partial charge >= 0.3 is 0 Å². The molecule has 0 aliphatic carbocycles. The highest BCUT2D eigenvalue weighted by molar-refractivity contribution is 6.10. The van der Waals surface area contributed by atoms with Crippen LogP contribution >= 0.6 is 0 Å². The largest absolute Gasteiger partial charge is 0.455 e. The Labute approximate surface area is 284 Å². The van der Waals surface area contributed by atoms with Crippen LogP contribution in [0.4, 0.5) is 0 Å². The fourth-order valence-corrected chi connectivity index (χ4v) is 6.48. The minimum Gasteiger partial charge on any atom is -0.455 e. The summed E-state index contributed by atoms with van der Waals surface area (Å²) in [6.45, 7) is 0. The van der Waals surface area contributed by atoms with E-state index in [2.05, 4.69) is 109 Å². The van der Waals surface area contributed by atoms with Gasteiger partial charge < -0.3 is 4.42 Å². The van der Waals surface area contributed by atoms with E-state index in [0.717, 1.165) is 55.3 Å². The molecule has 0 aliphatic rings.